The molecule has 4 nitrogen and oxygen atoms in total. The number of thiophene rings is 1. The van der Waals surface area contributed by atoms with Crippen molar-refractivity contribution in [2.45, 2.75) is 20.3 Å². The van der Waals surface area contributed by atoms with Crippen LogP contribution in [-0.2, 0) is 9.53 Å². The molecule has 1 aromatic heterocycles. The zero-order chi connectivity index (χ0) is 12.1. The molecule has 0 bridgehead atoms. The number of nitrogens with one attached hydrogen (secondary N) is 1. The number of amides is 1. The molecule has 0 aliphatic carbocycles. The minimum atomic E-state index is -0.421. The van der Waals surface area contributed by atoms with Crippen LogP contribution in [0.1, 0.15) is 29.9 Å². The molecule has 16 heavy (non-hydrogen) atoms. The highest BCUT2D eigenvalue weighted by Crippen LogP contribution is 2.23. The Hall–Kier alpha value is -1.36. The monoisotopic (exact) mass is 241 g/mol. The van der Waals surface area contributed by atoms with Crippen LogP contribution in [0.25, 0.3) is 0 Å². The predicted molar refractivity (Wildman–Crippen MR) is 63.7 cm³/mol. The summed E-state index contributed by atoms with van der Waals surface area (Å²) in [6, 6.07) is 1.70. The molecule has 5 heteroatoms. The largest absolute Gasteiger partial charge is 0.465 e. The Bertz CT molecular complexity index is 384. The predicted octanol–water partition coefficient (Wildman–Crippen LogP) is 2.52. The van der Waals surface area contributed by atoms with Gasteiger partial charge >= 0.3 is 5.97 Å². The zero-order valence-corrected chi connectivity index (χ0v) is 10.4. The molecule has 0 unspecified atom stereocenters. The third-order valence-corrected chi connectivity index (χ3v) is 2.80. The first-order valence-electron chi connectivity index (χ1n) is 5.00. The third-order valence-electron chi connectivity index (χ3n) is 1.90. The summed E-state index contributed by atoms with van der Waals surface area (Å²) in [5.41, 5.74) is 0.530. The van der Waals surface area contributed by atoms with Gasteiger partial charge in [-0.2, -0.15) is 0 Å². The van der Waals surface area contributed by atoms with Crippen molar-refractivity contribution in [1.29, 1.82) is 0 Å². The van der Waals surface area contributed by atoms with E-state index in [0.29, 0.717) is 22.9 Å². The van der Waals surface area contributed by atoms with Crippen molar-refractivity contribution < 1.29 is 14.3 Å². The minimum Gasteiger partial charge on any atom is -0.465 e. The first kappa shape index (κ1) is 12.7. The highest BCUT2D eigenvalue weighted by molar-refractivity contribution is 7.12. The Balaban J connectivity index is 2.70. The second-order valence-electron chi connectivity index (χ2n) is 3.80. The van der Waals surface area contributed by atoms with Crippen LogP contribution in [0.4, 0.5) is 5.69 Å². The van der Waals surface area contributed by atoms with E-state index in [1.807, 2.05) is 13.8 Å². The molecule has 0 aliphatic rings. The van der Waals surface area contributed by atoms with Crippen LogP contribution in [0.5, 0.6) is 0 Å². The first-order chi connectivity index (χ1) is 7.54. The van der Waals surface area contributed by atoms with Crippen LogP contribution < -0.4 is 5.32 Å². The van der Waals surface area contributed by atoms with Gasteiger partial charge in [-0.1, -0.05) is 13.8 Å². The molecule has 1 rings (SSSR count). The lowest BCUT2D eigenvalue weighted by molar-refractivity contribution is -0.116. The Kier molecular flexibility index (Phi) is 4.49. The van der Waals surface area contributed by atoms with Gasteiger partial charge in [0.05, 0.1) is 12.8 Å². The van der Waals surface area contributed by atoms with Crippen molar-refractivity contribution in [2.24, 2.45) is 5.92 Å². The maximum atomic E-state index is 11.5. The number of carbonyl (C=O) groups excluding carboxylic acids is 2. The minimum absolute atomic E-state index is 0.0847. The summed E-state index contributed by atoms with van der Waals surface area (Å²) in [4.78, 5) is 23.3. The number of esters is 1. The van der Waals surface area contributed by atoms with Gasteiger partial charge in [-0.25, -0.2) is 4.79 Å². The van der Waals surface area contributed by atoms with Crippen LogP contribution in [0.2, 0.25) is 0 Å². The van der Waals surface area contributed by atoms with Gasteiger partial charge in [0.1, 0.15) is 4.88 Å². The summed E-state index contributed by atoms with van der Waals surface area (Å²) in [6.07, 6.45) is 0.441. The summed E-state index contributed by atoms with van der Waals surface area (Å²) in [5.74, 6) is -0.214. The molecule has 0 saturated carbocycles. The molecule has 1 heterocycles. The number of carbonyl (C=O) groups is 2. The van der Waals surface area contributed by atoms with E-state index in [1.54, 1.807) is 11.4 Å². The lowest BCUT2D eigenvalue weighted by Crippen LogP contribution is -2.15. The zero-order valence-electron chi connectivity index (χ0n) is 9.57. The highest BCUT2D eigenvalue weighted by atomic mass is 32.1. The fraction of sp³-hybridized carbons (Fsp3) is 0.455. The normalized spacial score (nSPS) is 10.2. The van der Waals surface area contributed by atoms with Crippen LogP contribution in [0.15, 0.2) is 11.4 Å². The molecule has 0 spiro atoms. The molecular weight excluding hydrogens is 226 g/mol. The van der Waals surface area contributed by atoms with Crippen LogP contribution in [0.3, 0.4) is 0 Å². The van der Waals surface area contributed by atoms with E-state index in [0.717, 1.165) is 0 Å². The maximum absolute atomic E-state index is 11.5. The second kappa shape index (κ2) is 5.65. The average Bonchev–Trinajstić information content (AvgIpc) is 2.63. The van der Waals surface area contributed by atoms with Gasteiger partial charge in [0.2, 0.25) is 5.91 Å². The molecular formula is C11H15NO3S. The Morgan fingerprint density at radius 1 is 1.50 bits per heavy atom. The van der Waals surface area contributed by atoms with Crippen LogP contribution in [-0.4, -0.2) is 19.0 Å². The molecule has 0 aromatic carbocycles. The van der Waals surface area contributed by atoms with Gasteiger partial charge < -0.3 is 10.1 Å². The van der Waals surface area contributed by atoms with Crippen molar-refractivity contribution in [3.63, 3.8) is 0 Å². The SMILES string of the molecule is COC(=O)c1sccc1NC(=O)CC(C)C. The Morgan fingerprint density at radius 3 is 2.75 bits per heavy atom. The average molecular weight is 241 g/mol. The number of ether oxygens (including phenoxy) is 1. The number of methoxy groups -OCH3 is 1. The Labute approximate surface area is 98.6 Å². The van der Waals surface area contributed by atoms with E-state index in [1.165, 1.54) is 18.4 Å². The van der Waals surface area contributed by atoms with Crippen molar-refractivity contribution in [2.75, 3.05) is 12.4 Å². The van der Waals surface area contributed by atoms with Gasteiger partial charge in [0.25, 0.3) is 0 Å². The van der Waals surface area contributed by atoms with E-state index in [2.05, 4.69) is 10.1 Å². The summed E-state index contributed by atoms with van der Waals surface area (Å²) in [7, 11) is 1.32. The number of rotatable bonds is 4. The van der Waals surface area contributed by atoms with E-state index >= 15 is 0 Å². The summed E-state index contributed by atoms with van der Waals surface area (Å²) in [6.45, 7) is 3.93. The van der Waals surface area contributed by atoms with Crippen molar-refractivity contribution in [3.8, 4) is 0 Å². The first-order valence-corrected chi connectivity index (χ1v) is 5.88. The van der Waals surface area contributed by atoms with Gasteiger partial charge in [0.15, 0.2) is 0 Å². The smallest absolute Gasteiger partial charge is 0.350 e. The number of anilines is 1. The van der Waals surface area contributed by atoms with Crippen molar-refractivity contribution in [3.05, 3.63) is 16.3 Å². The van der Waals surface area contributed by atoms with E-state index in [-0.39, 0.29) is 5.91 Å². The quantitative estimate of drug-likeness (QED) is 0.824. The molecule has 0 radical (unpaired) electrons. The van der Waals surface area contributed by atoms with E-state index in [9.17, 15) is 9.59 Å². The summed E-state index contributed by atoms with van der Waals surface area (Å²) >= 11 is 1.25. The molecule has 0 aliphatic heterocycles. The standard InChI is InChI=1S/C11H15NO3S/c1-7(2)6-9(13)12-8-4-5-16-10(8)11(14)15-3/h4-5,7H,6H2,1-3H3,(H,12,13). The van der Waals surface area contributed by atoms with Gasteiger partial charge in [-0.05, 0) is 17.4 Å². The fourth-order valence-electron chi connectivity index (χ4n) is 1.23. The second-order valence-corrected chi connectivity index (χ2v) is 4.72. The van der Waals surface area contributed by atoms with Gasteiger partial charge in [-0.3, -0.25) is 4.79 Å². The van der Waals surface area contributed by atoms with Crippen LogP contribution in [0, 0.1) is 5.92 Å². The maximum Gasteiger partial charge on any atom is 0.350 e. The third kappa shape index (κ3) is 3.34. The van der Waals surface area contributed by atoms with Gasteiger partial charge in [-0.15, -0.1) is 11.3 Å². The van der Waals surface area contributed by atoms with E-state index in [4.69, 9.17) is 0 Å². The molecule has 1 N–H and O–H groups in total. The Morgan fingerprint density at radius 2 is 2.19 bits per heavy atom. The number of hydrogen-bond donors (Lipinski definition) is 1. The summed E-state index contributed by atoms with van der Waals surface area (Å²) < 4.78 is 4.62. The summed E-state index contributed by atoms with van der Waals surface area (Å²) in [5, 5.41) is 4.45. The van der Waals surface area contributed by atoms with E-state index < -0.39 is 5.97 Å². The molecule has 0 atom stereocenters. The molecule has 0 saturated heterocycles. The molecule has 88 valence electrons. The fourth-order valence-corrected chi connectivity index (χ4v) is 2.00. The highest BCUT2D eigenvalue weighted by Gasteiger charge is 2.15. The lowest BCUT2D eigenvalue weighted by atomic mass is 10.1. The number of hydrogen-bond acceptors (Lipinski definition) is 4. The van der Waals surface area contributed by atoms with Crippen molar-refractivity contribution >= 4 is 28.9 Å². The molecule has 1 amide bonds. The van der Waals surface area contributed by atoms with Crippen LogP contribution >= 0.6 is 11.3 Å². The molecule has 0 fully saturated rings. The van der Waals surface area contributed by atoms with Gasteiger partial charge in [0, 0.05) is 6.42 Å². The van der Waals surface area contributed by atoms with Crippen molar-refractivity contribution in [1.82, 2.24) is 0 Å². The molecule has 1 aromatic rings. The lowest BCUT2D eigenvalue weighted by Gasteiger charge is -2.06. The topological polar surface area (TPSA) is 55.4 Å².